The van der Waals surface area contributed by atoms with Gasteiger partial charge in [-0.2, -0.15) is 0 Å². The molecule has 1 amide bonds. The molecule has 29 heavy (non-hydrogen) atoms. The summed E-state index contributed by atoms with van der Waals surface area (Å²) >= 11 is 0. The van der Waals surface area contributed by atoms with Gasteiger partial charge in [0.05, 0.1) is 17.4 Å². The number of amides is 1. The Morgan fingerprint density at radius 2 is 1.83 bits per heavy atom. The van der Waals surface area contributed by atoms with Crippen LogP contribution in [-0.4, -0.2) is 37.4 Å². The van der Waals surface area contributed by atoms with Gasteiger partial charge in [0.25, 0.3) is 15.9 Å². The summed E-state index contributed by atoms with van der Waals surface area (Å²) in [5.41, 5.74) is 2.86. The fraction of sp³-hybridized carbons (Fsp3) is 0.455. The average Bonchev–Trinajstić information content (AvgIpc) is 2.65. The molecule has 0 aromatic heterocycles. The van der Waals surface area contributed by atoms with Crippen molar-refractivity contribution < 1.29 is 13.2 Å². The molecule has 0 spiro atoms. The van der Waals surface area contributed by atoms with Gasteiger partial charge >= 0.3 is 0 Å². The van der Waals surface area contributed by atoms with Crippen molar-refractivity contribution in [1.29, 1.82) is 0 Å². The fourth-order valence-electron chi connectivity index (χ4n) is 3.53. The van der Waals surface area contributed by atoms with Crippen molar-refractivity contribution in [2.24, 2.45) is 16.2 Å². The molecule has 0 radical (unpaired) electrons. The molecule has 0 fully saturated rings. The zero-order chi connectivity index (χ0) is 21.2. The van der Waals surface area contributed by atoms with E-state index in [0.717, 1.165) is 12.0 Å². The van der Waals surface area contributed by atoms with Crippen LogP contribution in [0.1, 0.15) is 44.9 Å². The Labute approximate surface area is 173 Å². The predicted octanol–water partition coefficient (Wildman–Crippen LogP) is 3.20. The van der Waals surface area contributed by atoms with Crippen molar-refractivity contribution in [1.82, 2.24) is 10.2 Å². The van der Waals surface area contributed by atoms with Crippen LogP contribution in [0.4, 0.5) is 0 Å². The van der Waals surface area contributed by atoms with E-state index in [0.29, 0.717) is 23.9 Å². The Hall–Kier alpha value is -2.41. The molecule has 7 heteroatoms. The van der Waals surface area contributed by atoms with Crippen LogP contribution >= 0.6 is 0 Å². The molecule has 6 nitrogen and oxygen atoms in total. The lowest BCUT2D eigenvalue weighted by molar-refractivity contribution is -0.118. The fourth-order valence-corrected chi connectivity index (χ4v) is 4.50. The number of hydrogen-bond donors (Lipinski definition) is 1. The van der Waals surface area contributed by atoms with Gasteiger partial charge in [0.2, 0.25) is 0 Å². The first-order chi connectivity index (χ1) is 13.6. The highest BCUT2D eigenvalue weighted by Gasteiger charge is 2.26. The van der Waals surface area contributed by atoms with Gasteiger partial charge < -0.3 is 10.2 Å². The number of carbonyl (C=O) groups is 1. The highest BCUT2D eigenvalue weighted by molar-refractivity contribution is 7.90. The minimum absolute atomic E-state index is 0.0485. The normalized spacial score (nSPS) is 18.9. The van der Waals surface area contributed by atoms with E-state index < -0.39 is 10.0 Å². The van der Waals surface area contributed by atoms with E-state index in [2.05, 4.69) is 61.7 Å². The monoisotopic (exact) mass is 415 g/mol. The number of amidine groups is 1. The number of nitrogens with one attached hydrogen (secondary N) is 1. The van der Waals surface area contributed by atoms with E-state index >= 15 is 0 Å². The van der Waals surface area contributed by atoms with E-state index in [1.165, 1.54) is 5.56 Å². The minimum Gasteiger partial charge on any atom is -0.345 e. The van der Waals surface area contributed by atoms with E-state index in [1.54, 1.807) is 23.3 Å². The highest BCUT2D eigenvalue weighted by atomic mass is 32.2. The van der Waals surface area contributed by atoms with Crippen LogP contribution in [0.15, 0.2) is 52.6 Å². The molecular formula is C22H29N3O3S. The molecule has 2 aliphatic rings. The Bertz CT molecular complexity index is 958. The first-order valence-electron chi connectivity index (χ1n) is 10.0. The number of sulfonamides is 1. The van der Waals surface area contributed by atoms with E-state index in [1.807, 2.05) is 0 Å². The molecule has 2 heterocycles. The van der Waals surface area contributed by atoms with Gasteiger partial charge in [-0.15, -0.1) is 4.40 Å². The SMILES string of the molecule is CC(C)Cc1ccc(C(NC(=O)C2=CN3CCS(=O)(=O)N=C3C=C2)C(C)C)cc1. The Morgan fingerprint density at radius 1 is 1.14 bits per heavy atom. The summed E-state index contributed by atoms with van der Waals surface area (Å²) in [5.74, 6) is 0.949. The molecule has 1 unspecified atom stereocenters. The van der Waals surface area contributed by atoms with Gasteiger partial charge in [0.1, 0.15) is 5.84 Å². The quantitative estimate of drug-likeness (QED) is 0.774. The Kier molecular flexibility index (Phi) is 6.27. The van der Waals surface area contributed by atoms with Crippen molar-refractivity contribution in [2.75, 3.05) is 12.3 Å². The zero-order valence-electron chi connectivity index (χ0n) is 17.4. The van der Waals surface area contributed by atoms with Crippen molar-refractivity contribution in [3.63, 3.8) is 0 Å². The topological polar surface area (TPSA) is 78.8 Å². The molecule has 0 saturated carbocycles. The van der Waals surface area contributed by atoms with Gasteiger partial charge in [0.15, 0.2) is 0 Å². The molecular weight excluding hydrogens is 386 g/mol. The standard InChI is InChI=1S/C22H29N3O3S/c1-15(2)13-17-5-7-18(8-6-17)21(16(3)4)23-22(26)19-9-10-20-24-29(27,28)12-11-25(20)14-19/h5-10,14-16,21H,11-13H2,1-4H3,(H,23,26). The molecule has 156 valence electrons. The van der Waals surface area contributed by atoms with Crippen LogP contribution in [0.3, 0.4) is 0 Å². The summed E-state index contributed by atoms with van der Waals surface area (Å²) < 4.78 is 27.0. The maximum atomic E-state index is 12.9. The van der Waals surface area contributed by atoms with Crippen molar-refractivity contribution in [2.45, 2.75) is 40.2 Å². The highest BCUT2D eigenvalue weighted by Crippen LogP contribution is 2.24. The van der Waals surface area contributed by atoms with Crippen molar-refractivity contribution in [3.8, 4) is 0 Å². The van der Waals surface area contributed by atoms with Crippen LogP contribution in [0.2, 0.25) is 0 Å². The van der Waals surface area contributed by atoms with Crippen LogP contribution in [0.5, 0.6) is 0 Å². The second kappa shape index (κ2) is 8.53. The number of rotatable bonds is 6. The average molecular weight is 416 g/mol. The number of benzene rings is 1. The third kappa shape index (κ3) is 5.35. The van der Waals surface area contributed by atoms with Crippen molar-refractivity contribution in [3.05, 3.63) is 59.3 Å². The summed E-state index contributed by atoms with van der Waals surface area (Å²) in [6, 6.07) is 8.34. The van der Waals surface area contributed by atoms with E-state index in [4.69, 9.17) is 0 Å². The number of nitrogens with zero attached hydrogens (tertiary/aromatic N) is 2. The van der Waals surface area contributed by atoms with Gasteiger partial charge in [0, 0.05) is 12.7 Å². The third-order valence-electron chi connectivity index (χ3n) is 5.02. The Morgan fingerprint density at radius 3 is 2.45 bits per heavy atom. The number of fused-ring (bicyclic) bond motifs is 1. The van der Waals surface area contributed by atoms with Gasteiger partial charge in [-0.3, -0.25) is 4.79 Å². The number of carbonyl (C=O) groups excluding carboxylic acids is 1. The van der Waals surface area contributed by atoms with Crippen molar-refractivity contribution >= 4 is 21.8 Å². The number of hydrogen-bond acceptors (Lipinski definition) is 4. The molecule has 1 atom stereocenters. The predicted molar refractivity (Wildman–Crippen MR) is 116 cm³/mol. The molecule has 3 rings (SSSR count). The molecule has 2 aliphatic heterocycles. The molecule has 0 saturated heterocycles. The summed E-state index contributed by atoms with van der Waals surface area (Å²) in [4.78, 5) is 14.6. The van der Waals surface area contributed by atoms with Gasteiger partial charge in [-0.05, 0) is 41.5 Å². The molecule has 0 aliphatic carbocycles. The second-order valence-electron chi connectivity index (χ2n) is 8.38. The van der Waals surface area contributed by atoms with E-state index in [-0.39, 0.29) is 23.6 Å². The van der Waals surface area contributed by atoms with Crippen LogP contribution in [0.25, 0.3) is 0 Å². The summed E-state index contributed by atoms with van der Waals surface area (Å²) in [6.07, 6.45) is 5.91. The maximum absolute atomic E-state index is 12.9. The second-order valence-corrected chi connectivity index (χ2v) is 10.1. The minimum atomic E-state index is -3.40. The molecule has 0 bridgehead atoms. The largest absolute Gasteiger partial charge is 0.345 e. The van der Waals surface area contributed by atoms with Gasteiger partial charge in [-0.1, -0.05) is 52.0 Å². The molecule has 1 N–H and O–H groups in total. The van der Waals surface area contributed by atoms with Gasteiger partial charge in [-0.25, -0.2) is 8.42 Å². The first kappa shape index (κ1) is 21.3. The molecule has 1 aromatic rings. The summed E-state index contributed by atoms with van der Waals surface area (Å²) in [7, 11) is -3.40. The van der Waals surface area contributed by atoms with E-state index in [9.17, 15) is 13.2 Å². The Balaban J connectivity index is 1.74. The lowest BCUT2D eigenvalue weighted by Gasteiger charge is -2.28. The summed E-state index contributed by atoms with van der Waals surface area (Å²) in [5, 5.41) is 3.13. The van der Waals surface area contributed by atoms with Crippen LogP contribution < -0.4 is 5.32 Å². The summed E-state index contributed by atoms with van der Waals surface area (Å²) in [6.45, 7) is 8.86. The third-order valence-corrected chi connectivity index (χ3v) is 6.19. The maximum Gasteiger partial charge on any atom is 0.256 e. The lowest BCUT2D eigenvalue weighted by Crippen LogP contribution is -2.39. The molecule has 1 aromatic carbocycles. The zero-order valence-corrected chi connectivity index (χ0v) is 18.2. The smallest absolute Gasteiger partial charge is 0.256 e. The van der Waals surface area contributed by atoms with Crippen LogP contribution in [0, 0.1) is 11.8 Å². The lowest BCUT2D eigenvalue weighted by atomic mass is 9.93. The first-order valence-corrected chi connectivity index (χ1v) is 11.6. The van der Waals surface area contributed by atoms with Crippen LogP contribution in [-0.2, 0) is 21.2 Å².